The van der Waals surface area contributed by atoms with Gasteiger partial charge >= 0.3 is 6.09 Å². The minimum absolute atomic E-state index is 0.270. The second kappa shape index (κ2) is 6.92. The van der Waals surface area contributed by atoms with E-state index in [-0.39, 0.29) is 5.54 Å². The second-order valence-corrected chi connectivity index (χ2v) is 7.64. The minimum Gasteiger partial charge on any atom is -0.444 e. The van der Waals surface area contributed by atoms with Gasteiger partial charge in [0.1, 0.15) is 16.5 Å². The first kappa shape index (κ1) is 17.5. The van der Waals surface area contributed by atoms with Crippen LogP contribution >= 0.6 is 11.3 Å². The third-order valence-corrected chi connectivity index (χ3v) is 3.58. The van der Waals surface area contributed by atoms with Crippen LogP contribution in [0.4, 0.5) is 4.79 Å². The van der Waals surface area contributed by atoms with Crippen molar-refractivity contribution in [2.24, 2.45) is 0 Å². The van der Waals surface area contributed by atoms with Gasteiger partial charge in [0.2, 0.25) is 0 Å². The van der Waals surface area contributed by atoms with Crippen molar-refractivity contribution < 1.29 is 9.53 Å². The molecule has 0 saturated carbocycles. The number of carbonyl (C=O) groups is 1. The number of hydrogen-bond acceptors (Lipinski definition) is 5. The highest BCUT2D eigenvalue weighted by atomic mass is 32.1. The van der Waals surface area contributed by atoms with Crippen LogP contribution < -0.4 is 10.6 Å². The summed E-state index contributed by atoms with van der Waals surface area (Å²) in [6.07, 6.45) is -0.416. The van der Waals surface area contributed by atoms with Crippen molar-refractivity contribution in [2.75, 3.05) is 6.54 Å². The zero-order valence-electron chi connectivity index (χ0n) is 13.2. The van der Waals surface area contributed by atoms with Gasteiger partial charge in [0.25, 0.3) is 0 Å². The molecule has 1 rings (SSSR count). The first-order chi connectivity index (χ1) is 9.61. The van der Waals surface area contributed by atoms with Gasteiger partial charge in [-0.1, -0.05) is 0 Å². The molecule has 2 N–H and O–H groups in total. The predicted octanol–water partition coefficient (Wildman–Crippen LogP) is 3.01. The second-order valence-electron chi connectivity index (χ2n) is 6.47. The summed E-state index contributed by atoms with van der Waals surface area (Å²) in [7, 11) is 0. The summed E-state index contributed by atoms with van der Waals surface area (Å²) in [6, 6.07) is 5.87. The number of rotatable bonds is 5. The van der Waals surface area contributed by atoms with Crippen molar-refractivity contribution in [2.45, 2.75) is 52.3 Å². The quantitative estimate of drug-likeness (QED) is 0.877. The highest BCUT2D eigenvalue weighted by molar-refractivity contribution is 7.12. The molecule has 6 heteroatoms. The maximum absolute atomic E-state index is 11.6. The van der Waals surface area contributed by atoms with E-state index in [9.17, 15) is 4.79 Å². The Morgan fingerprint density at radius 2 is 2.00 bits per heavy atom. The standard InChI is InChI=1S/C15H23N3O2S/c1-14(2,3)20-13(19)17-10-15(4,5)18-9-12-7-6-11(8-16)21-12/h6-7,18H,9-10H2,1-5H3,(H,17,19). The van der Waals surface area contributed by atoms with Crippen LogP contribution in [0.2, 0.25) is 0 Å². The van der Waals surface area contributed by atoms with E-state index in [2.05, 4.69) is 16.7 Å². The highest BCUT2D eigenvalue weighted by Crippen LogP contribution is 2.16. The summed E-state index contributed by atoms with van der Waals surface area (Å²) < 4.78 is 5.20. The minimum atomic E-state index is -0.494. The van der Waals surface area contributed by atoms with Crippen molar-refractivity contribution in [3.05, 3.63) is 21.9 Å². The number of amides is 1. The van der Waals surface area contributed by atoms with Gasteiger partial charge in [-0.2, -0.15) is 5.26 Å². The number of ether oxygens (including phenoxy) is 1. The Kier molecular flexibility index (Phi) is 5.76. The lowest BCUT2D eigenvalue weighted by Gasteiger charge is -2.27. The Hall–Kier alpha value is -1.58. The molecule has 1 aromatic rings. The molecule has 0 aliphatic rings. The molecule has 0 unspecified atom stereocenters. The van der Waals surface area contributed by atoms with E-state index in [1.54, 1.807) is 0 Å². The molecule has 0 radical (unpaired) electrons. The number of hydrogen-bond donors (Lipinski definition) is 2. The van der Waals surface area contributed by atoms with E-state index in [4.69, 9.17) is 10.00 Å². The van der Waals surface area contributed by atoms with Gasteiger partial charge in [-0.25, -0.2) is 4.79 Å². The van der Waals surface area contributed by atoms with Crippen LogP contribution in [-0.4, -0.2) is 23.8 Å². The number of thiophene rings is 1. The number of nitrogens with zero attached hydrogens (tertiary/aromatic N) is 1. The third-order valence-electron chi connectivity index (χ3n) is 2.59. The van der Waals surface area contributed by atoms with Crippen LogP contribution in [0.5, 0.6) is 0 Å². The van der Waals surface area contributed by atoms with Crippen LogP contribution in [0.3, 0.4) is 0 Å². The number of nitriles is 1. The van der Waals surface area contributed by atoms with Gasteiger partial charge in [-0.05, 0) is 46.8 Å². The maximum atomic E-state index is 11.6. The van der Waals surface area contributed by atoms with Gasteiger partial charge in [0, 0.05) is 23.5 Å². The van der Waals surface area contributed by atoms with Gasteiger partial charge in [0.05, 0.1) is 0 Å². The Bertz CT molecular complexity index is 524. The number of alkyl carbamates (subject to hydrolysis) is 1. The molecule has 21 heavy (non-hydrogen) atoms. The summed E-state index contributed by atoms with van der Waals surface area (Å²) in [5.41, 5.74) is -0.764. The van der Waals surface area contributed by atoms with E-state index < -0.39 is 11.7 Å². The first-order valence-electron chi connectivity index (χ1n) is 6.82. The summed E-state index contributed by atoms with van der Waals surface area (Å²) in [4.78, 5) is 13.4. The topological polar surface area (TPSA) is 74.2 Å². The molecule has 116 valence electrons. The molecule has 0 saturated heterocycles. The van der Waals surface area contributed by atoms with Gasteiger partial charge in [-0.15, -0.1) is 11.3 Å². The summed E-state index contributed by atoms with van der Waals surface area (Å²) in [5, 5.41) is 14.9. The lowest BCUT2D eigenvalue weighted by atomic mass is 10.1. The Labute approximate surface area is 130 Å². The van der Waals surface area contributed by atoms with Crippen LogP contribution in [0.15, 0.2) is 12.1 Å². The van der Waals surface area contributed by atoms with Gasteiger partial charge in [-0.3, -0.25) is 0 Å². The summed E-state index contributed by atoms with van der Waals surface area (Å²) in [5.74, 6) is 0. The van der Waals surface area contributed by atoms with Crippen LogP contribution in [-0.2, 0) is 11.3 Å². The molecule has 0 atom stereocenters. The highest BCUT2D eigenvalue weighted by Gasteiger charge is 2.21. The average Bonchev–Trinajstić information content (AvgIpc) is 2.80. The molecule has 0 aliphatic heterocycles. The lowest BCUT2D eigenvalue weighted by molar-refractivity contribution is 0.0513. The van der Waals surface area contributed by atoms with Gasteiger partial charge in [0.15, 0.2) is 0 Å². The Morgan fingerprint density at radius 1 is 1.33 bits per heavy atom. The molecule has 1 amide bonds. The van der Waals surface area contributed by atoms with E-state index >= 15 is 0 Å². The summed E-state index contributed by atoms with van der Waals surface area (Å²) >= 11 is 1.47. The fourth-order valence-electron chi connectivity index (χ4n) is 1.53. The van der Waals surface area contributed by atoms with E-state index in [1.165, 1.54) is 11.3 Å². The van der Waals surface area contributed by atoms with E-state index in [0.717, 1.165) is 4.88 Å². The molecule has 5 nitrogen and oxygen atoms in total. The Morgan fingerprint density at radius 3 is 2.52 bits per heavy atom. The fraction of sp³-hybridized carbons (Fsp3) is 0.600. The Balaban J connectivity index is 2.39. The zero-order valence-corrected chi connectivity index (χ0v) is 14.1. The normalized spacial score (nSPS) is 11.8. The van der Waals surface area contributed by atoms with Crippen LogP contribution in [0.1, 0.15) is 44.4 Å². The SMILES string of the molecule is CC(C)(CNC(=O)OC(C)(C)C)NCc1ccc(C#N)s1. The maximum Gasteiger partial charge on any atom is 0.407 e. The third kappa shape index (κ3) is 7.11. The molecular formula is C15H23N3O2S. The smallest absolute Gasteiger partial charge is 0.407 e. The van der Waals surface area contributed by atoms with Crippen molar-refractivity contribution >= 4 is 17.4 Å². The predicted molar refractivity (Wildman–Crippen MR) is 84.2 cm³/mol. The van der Waals surface area contributed by atoms with Crippen molar-refractivity contribution in [1.82, 2.24) is 10.6 Å². The molecule has 0 fully saturated rings. The van der Waals surface area contributed by atoms with Crippen molar-refractivity contribution in [3.8, 4) is 6.07 Å². The first-order valence-corrected chi connectivity index (χ1v) is 7.64. The molecule has 0 aromatic carbocycles. The monoisotopic (exact) mass is 309 g/mol. The van der Waals surface area contributed by atoms with Crippen molar-refractivity contribution in [1.29, 1.82) is 5.26 Å². The van der Waals surface area contributed by atoms with E-state index in [1.807, 2.05) is 46.8 Å². The molecular weight excluding hydrogens is 286 g/mol. The molecule has 1 heterocycles. The molecule has 1 aromatic heterocycles. The molecule has 0 bridgehead atoms. The van der Waals surface area contributed by atoms with Crippen LogP contribution in [0, 0.1) is 11.3 Å². The van der Waals surface area contributed by atoms with Crippen LogP contribution in [0.25, 0.3) is 0 Å². The van der Waals surface area contributed by atoms with E-state index in [0.29, 0.717) is 18.0 Å². The van der Waals surface area contributed by atoms with Crippen molar-refractivity contribution in [3.63, 3.8) is 0 Å². The zero-order chi connectivity index (χ0) is 16.1. The molecule has 0 spiro atoms. The molecule has 0 aliphatic carbocycles. The van der Waals surface area contributed by atoms with Gasteiger partial charge < -0.3 is 15.4 Å². The number of carbonyl (C=O) groups excluding carboxylic acids is 1. The summed E-state index contributed by atoms with van der Waals surface area (Å²) in [6.45, 7) is 10.6. The average molecular weight is 309 g/mol. The number of nitrogens with one attached hydrogen (secondary N) is 2. The fourth-order valence-corrected chi connectivity index (χ4v) is 2.27. The lowest BCUT2D eigenvalue weighted by Crippen LogP contribution is -2.49. The largest absolute Gasteiger partial charge is 0.444 e.